The summed E-state index contributed by atoms with van der Waals surface area (Å²) >= 11 is 1.76. The molecule has 1 unspecified atom stereocenters. The maximum absolute atomic E-state index is 12.5. The van der Waals surface area contributed by atoms with Crippen LogP contribution in [0, 0.1) is 0 Å². The molecular formula is C23H31N3O2S. The zero-order chi connectivity index (χ0) is 20.6. The van der Waals surface area contributed by atoms with Gasteiger partial charge in [-0.3, -0.25) is 14.5 Å². The summed E-state index contributed by atoms with van der Waals surface area (Å²) in [6.45, 7) is 8.10. The summed E-state index contributed by atoms with van der Waals surface area (Å²) in [6, 6.07) is 12.5. The Morgan fingerprint density at radius 1 is 1.14 bits per heavy atom. The van der Waals surface area contributed by atoms with Gasteiger partial charge in [0, 0.05) is 37.4 Å². The van der Waals surface area contributed by atoms with Crippen LogP contribution < -0.4 is 5.32 Å². The number of amides is 2. The largest absolute Gasteiger partial charge is 0.354 e. The average Bonchev–Trinajstić information content (AvgIpc) is 3.23. The summed E-state index contributed by atoms with van der Waals surface area (Å²) in [5.41, 5.74) is 2.46. The second kappa shape index (κ2) is 10.6. The van der Waals surface area contributed by atoms with Crippen molar-refractivity contribution < 1.29 is 9.59 Å². The lowest BCUT2D eigenvalue weighted by Gasteiger charge is -2.30. The number of carbonyl (C=O) groups is 2. The first-order valence-electron chi connectivity index (χ1n) is 10.5. The molecule has 29 heavy (non-hydrogen) atoms. The first kappa shape index (κ1) is 21.5. The number of hydrogen-bond donors (Lipinski definition) is 1. The van der Waals surface area contributed by atoms with E-state index in [1.54, 1.807) is 11.3 Å². The molecule has 1 aromatic carbocycles. The summed E-state index contributed by atoms with van der Waals surface area (Å²) in [7, 11) is 0. The Labute approximate surface area is 177 Å². The Hall–Kier alpha value is -2.18. The van der Waals surface area contributed by atoms with Gasteiger partial charge in [-0.1, -0.05) is 44.2 Å². The molecule has 2 heterocycles. The van der Waals surface area contributed by atoms with E-state index in [4.69, 9.17) is 0 Å². The quantitative estimate of drug-likeness (QED) is 0.683. The SMILES string of the molecule is CCN(CC)C(CNC(=O)CCC(=O)N1CCc2sccc2C1)c1ccccc1. The molecule has 0 bridgehead atoms. The van der Waals surface area contributed by atoms with Crippen molar-refractivity contribution in [1.82, 2.24) is 15.1 Å². The molecule has 2 aromatic rings. The van der Waals surface area contributed by atoms with Crippen molar-refractivity contribution in [2.24, 2.45) is 0 Å². The number of carbonyl (C=O) groups excluding carboxylic acids is 2. The van der Waals surface area contributed by atoms with Crippen LogP contribution in [0.15, 0.2) is 41.8 Å². The van der Waals surface area contributed by atoms with Gasteiger partial charge in [0.25, 0.3) is 0 Å². The van der Waals surface area contributed by atoms with Gasteiger partial charge in [0.1, 0.15) is 0 Å². The summed E-state index contributed by atoms with van der Waals surface area (Å²) in [5.74, 6) is 0.0139. The lowest BCUT2D eigenvalue weighted by atomic mass is 10.0. The maximum atomic E-state index is 12.5. The number of nitrogens with zero attached hydrogens (tertiary/aromatic N) is 2. The lowest BCUT2D eigenvalue weighted by molar-refractivity contribution is -0.134. The molecule has 3 rings (SSSR count). The molecule has 156 valence electrons. The minimum absolute atomic E-state index is 0.0559. The molecule has 0 radical (unpaired) electrons. The predicted molar refractivity (Wildman–Crippen MR) is 118 cm³/mol. The Bertz CT molecular complexity index is 801. The van der Waals surface area contributed by atoms with Gasteiger partial charge in [0.2, 0.25) is 11.8 Å². The molecular weight excluding hydrogens is 382 g/mol. The van der Waals surface area contributed by atoms with Crippen molar-refractivity contribution in [1.29, 1.82) is 0 Å². The Balaban J connectivity index is 1.48. The molecule has 0 aliphatic carbocycles. The van der Waals surface area contributed by atoms with Crippen molar-refractivity contribution in [3.63, 3.8) is 0 Å². The minimum atomic E-state index is -0.0559. The molecule has 6 heteroatoms. The topological polar surface area (TPSA) is 52.7 Å². The van der Waals surface area contributed by atoms with Gasteiger partial charge >= 0.3 is 0 Å². The molecule has 1 aromatic heterocycles. The van der Waals surface area contributed by atoms with Crippen LogP contribution in [0.4, 0.5) is 0 Å². The van der Waals surface area contributed by atoms with Crippen molar-refractivity contribution in [3.05, 3.63) is 57.8 Å². The van der Waals surface area contributed by atoms with Crippen LogP contribution >= 0.6 is 11.3 Å². The van der Waals surface area contributed by atoms with Crippen molar-refractivity contribution in [2.45, 2.75) is 45.7 Å². The second-order valence-corrected chi connectivity index (χ2v) is 8.39. The van der Waals surface area contributed by atoms with Crippen LogP contribution in [-0.4, -0.2) is 47.8 Å². The molecule has 2 amide bonds. The van der Waals surface area contributed by atoms with Crippen molar-refractivity contribution >= 4 is 23.2 Å². The van der Waals surface area contributed by atoms with E-state index in [1.165, 1.54) is 16.0 Å². The van der Waals surface area contributed by atoms with Crippen LogP contribution in [0.5, 0.6) is 0 Å². The van der Waals surface area contributed by atoms with Gasteiger partial charge in [-0.2, -0.15) is 0 Å². The van der Waals surface area contributed by atoms with Gasteiger partial charge in [-0.05, 0) is 42.1 Å². The van der Waals surface area contributed by atoms with Gasteiger partial charge < -0.3 is 10.2 Å². The molecule has 1 aliphatic rings. The van der Waals surface area contributed by atoms with E-state index >= 15 is 0 Å². The maximum Gasteiger partial charge on any atom is 0.223 e. The first-order valence-corrected chi connectivity index (χ1v) is 11.4. The number of rotatable bonds is 9. The molecule has 0 spiro atoms. The van der Waals surface area contributed by atoms with Gasteiger partial charge in [0.05, 0.1) is 6.04 Å². The third-order valence-electron chi connectivity index (χ3n) is 5.66. The van der Waals surface area contributed by atoms with Crippen LogP contribution in [0.1, 0.15) is 48.7 Å². The van der Waals surface area contributed by atoms with E-state index < -0.39 is 0 Å². The highest BCUT2D eigenvalue weighted by molar-refractivity contribution is 7.10. The fourth-order valence-electron chi connectivity index (χ4n) is 3.94. The van der Waals surface area contributed by atoms with Crippen LogP contribution in [0.3, 0.4) is 0 Å². The van der Waals surface area contributed by atoms with E-state index in [0.717, 1.165) is 26.1 Å². The monoisotopic (exact) mass is 413 g/mol. The summed E-state index contributed by atoms with van der Waals surface area (Å²) in [4.78, 5) is 30.6. The first-order chi connectivity index (χ1) is 14.1. The highest BCUT2D eigenvalue weighted by atomic mass is 32.1. The van der Waals surface area contributed by atoms with E-state index in [0.29, 0.717) is 13.1 Å². The standard InChI is InChI=1S/C23H31N3O2S/c1-3-25(4-2)20(18-8-6-5-7-9-18)16-24-22(27)10-11-23(28)26-14-12-21-19(17-26)13-15-29-21/h5-9,13,15,20H,3-4,10-12,14,16-17H2,1-2H3,(H,24,27). The third-order valence-corrected chi connectivity index (χ3v) is 6.68. The zero-order valence-corrected chi connectivity index (χ0v) is 18.2. The second-order valence-electron chi connectivity index (χ2n) is 7.39. The Kier molecular flexibility index (Phi) is 7.83. The zero-order valence-electron chi connectivity index (χ0n) is 17.4. The van der Waals surface area contributed by atoms with Gasteiger partial charge in [0.15, 0.2) is 0 Å². The molecule has 1 N–H and O–H groups in total. The van der Waals surface area contributed by atoms with E-state index in [-0.39, 0.29) is 30.7 Å². The molecule has 1 aliphatic heterocycles. The van der Waals surface area contributed by atoms with Gasteiger partial charge in [-0.15, -0.1) is 11.3 Å². The van der Waals surface area contributed by atoms with Crippen LogP contribution in [0.25, 0.3) is 0 Å². The molecule has 0 saturated heterocycles. The van der Waals surface area contributed by atoms with Crippen LogP contribution in [-0.2, 0) is 22.6 Å². The smallest absolute Gasteiger partial charge is 0.223 e. The number of nitrogens with one attached hydrogen (secondary N) is 1. The number of benzene rings is 1. The highest BCUT2D eigenvalue weighted by Gasteiger charge is 2.22. The van der Waals surface area contributed by atoms with E-state index in [1.807, 2.05) is 23.1 Å². The third kappa shape index (κ3) is 5.67. The van der Waals surface area contributed by atoms with Crippen molar-refractivity contribution in [3.8, 4) is 0 Å². The van der Waals surface area contributed by atoms with Crippen LogP contribution in [0.2, 0.25) is 0 Å². The fraction of sp³-hybridized carbons (Fsp3) is 0.478. The molecule has 1 atom stereocenters. The molecule has 0 fully saturated rings. The number of thiophene rings is 1. The Morgan fingerprint density at radius 2 is 1.90 bits per heavy atom. The van der Waals surface area contributed by atoms with E-state index in [2.05, 4.69) is 47.6 Å². The fourth-order valence-corrected chi connectivity index (χ4v) is 4.83. The summed E-state index contributed by atoms with van der Waals surface area (Å²) < 4.78 is 0. The summed E-state index contributed by atoms with van der Waals surface area (Å²) in [6.07, 6.45) is 1.44. The number of fused-ring (bicyclic) bond motifs is 1. The minimum Gasteiger partial charge on any atom is -0.354 e. The molecule has 0 saturated carbocycles. The van der Waals surface area contributed by atoms with Crippen molar-refractivity contribution in [2.75, 3.05) is 26.2 Å². The lowest BCUT2D eigenvalue weighted by Crippen LogP contribution is -2.39. The predicted octanol–water partition coefficient (Wildman–Crippen LogP) is 3.61. The van der Waals surface area contributed by atoms with E-state index in [9.17, 15) is 9.59 Å². The normalized spacial score (nSPS) is 14.5. The average molecular weight is 414 g/mol. The summed E-state index contributed by atoms with van der Waals surface area (Å²) in [5, 5.41) is 5.14. The number of hydrogen-bond acceptors (Lipinski definition) is 4. The molecule has 5 nitrogen and oxygen atoms in total. The highest BCUT2D eigenvalue weighted by Crippen LogP contribution is 2.24. The number of likely N-dealkylation sites (N-methyl/N-ethyl adjacent to an activating group) is 1. The Morgan fingerprint density at radius 3 is 2.62 bits per heavy atom. The van der Waals surface area contributed by atoms with Gasteiger partial charge in [-0.25, -0.2) is 0 Å².